The summed E-state index contributed by atoms with van der Waals surface area (Å²) in [6.07, 6.45) is 3.33. The van der Waals surface area contributed by atoms with Crippen LogP contribution in [0.15, 0.2) is 24.5 Å². The van der Waals surface area contributed by atoms with Crippen LogP contribution >= 0.6 is 0 Å². The molecule has 4 nitrogen and oxygen atoms in total. The Morgan fingerprint density at radius 3 is 3.08 bits per heavy atom. The lowest BCUT2D eigenvalue weighted by atomic mass is 10.3. The average Bonchev–Trinajstić information content (AvgIpc) is 2.16. The van der Waals surface area contributed by atoms with E-state index in [-0.39, 0.29) is 5.91 Å². The van der Waals surface area contributed by atoms with Crippen molar-refractivity contribution in [1.82, 2.24) is 10.3 Å². The summed E-state index contributed by atoms with van der Waals surface area (Å²) in [6, 6.07) is 3.64. The highest BCUT2D eigenvalue weighted by molar-refractivity contribution is 5.76. The molecule has 0 saturated carbocycles. The number of nitrogens with one attached hydrogen (secondary N) is 1. The fourth-order valence-electron chi connectivity index (χ4n) is 0.759. The van der Waals surface area contributed by atoms with Crippen molar-refractivity contribution >= 4 is 5.91 Å². The standard InChI is InChI=1S/C8H10N2O2/c11-6-8(12)10-5-7-2-1-3-9-4-7/h1-4,11H,5-6H2,(H,10,12). The molecule has 0 radical (unpaired) electrons. The third-order valence-electron chi connectivity index (χ3n) is 1.36. The second kappa shape index (κ2) is 4.46. The van der Waals surface area contributed by atoms with Crippen LogP contribution in [0.1, 0.15) is 5.56 Å². The zero-order valence-corrected chi connectivity index (χ0v) is 6.53. The Bertz CT molecular complexity index is 248. The highest BCUT2D eigenvalue weighted by atomic mass is 16.3. The number of aliphatic hydroxyl groups excluding tert-OH is 1. The molecule has 2 N–H and O–H groups in total. The maximum atomic E-state index is 10.6. The van der Waals surface area contributed by atoms with E-state index in [0.717, 1.165) is 5.56 Å². The van der Waals surface area contributed by atoms with Crippen molar-refractivity contribution < 1.29 is 9.90 Å². The molecule has 0 unspecified atom stereocenters. The van der Waals surface area contributed by atoms with Gasteiger partial charge < -0.3 is 10.4 Å². The second-order valence-electron chi connectivity index (χ2n) is 2.30. The topological polar surface area (TPSA) is 62.2 Å². The molecule has 0 atom stereocenters. The van der Waals surface area contributed by atoms with Crippen molar-refractivity contribution in [3.8, 4) is 0 Å². The first-order valence-electron chi connectivity index (χ1n) is 3.59. The van der Waals surface area contributed by atoms with Gasteiger partial charge in [-0.2, -0.15) is 0 Å². The zero-order valence-electron chi connectivity index (χ0n) is 6.53. The summed E-state index contributed by atoms with van der Waals surface area (Å²) >= 11 is 0. The number of rotatable bonds is 3. The fourth-order valence-corrected chi connectivity index (χ4v) is 0.759. The number of hydrogen-bond acceptors (Lipinski definition) is 3. The number of amides is 1. The second-order valence-corrected chi connectivity index (χ2v) is 2.30. The summed E-state index contributed by atoms with van der Waals surface area (Å²) in [6.45, 7) is -0.0620. The average molecular weight is 166 g/mol. The molecule has 1 aromatic rings. The van der Waals surface area contributed by atoms with Crippen LogP contribution in [-0.2, 0) is 11.3 Å². The van der Waals surface area contributed by atoms with Crippen LogP contribution in [0.3, 0.4) is 0 Å². The predicted octanol–water partition coefficient (Wildman–Crippen LogP) is -0.310. The largest absolute Gasteiger partial charge is 0.387 e. The van der Waals surface area contributed by atoms with E-state index in [1.807, 2.05) is 6.07 Å². The number of carbonyl (C=O) groups excluding carboxylic acids is 1. The molecule has 1 amide bonds. The SMILES string of the molecule is O=C(CO)NCc1cccnc1. The maximum Gasteiger partial charge on any atom is 0.245 e. The van der Waals surface area contributed by atoms with E-state index in [1.165, 1.54) is 0 Å². The Hall–Kier alpha value is -1.42. The van der Waals surface area contributed by atoms with Gasteiger partial charge in [0.25, 0.3) is 0 Å². The Balaban J connectivity index is 2.38. The predicted molar refractivity (Wildman–Crippen MR) is 43.2 cm³/mol. The van der Waals surface area contributed by atoms with Gasteiger partial charge in [0, 0.05) is 18.9 Å². The molecule has 0 aromatic carbocycles. The maximum absolute atomic E-state index is 10.6. The van der Waals surface area contributed by atoms with Gasteiger partial charge in [0.05, 0.1) is 0 Å². The molecule has 4 heteroatoms. The van der Waals surface area contributed by atoms with Crippen molar-refractivity contribution in [2.24, 2.45) is 0 Å². The van der Waals surface area contributed by atoms with Crippen molar-refractivity contribution in [3.63, 3.8) is 0 Å². The van der Waals surface area contributed by atoms with Crippen LogP contribution in [0.5, 0.6) is 0 Å². The van der Waals surface area contributed by atoms with Crippen LogP contribution in [0.2, 0.25) is 0 Å². The van der Waals surface area contributed by atoms with E-state index in [4.69, 9.17) is 5.11 Å². The van der Waals surface area contributed by atoms with Crippen LogP contribution in [-0.4, -0.2) is 22.6 Å². The molecule has 0 fully saturated rings. The minimum atomic E-state index is -0.472. The van der Waals surface area contributed by atoms with Crippen molar-refractivity contribution in [3.05, 3.63) is 30.1 Å². The number of hydrogen-bond donors (Lipinski definition) is 2. The molecule has 0 aliphatic carbocycles. The van der Waals surface area contributed by atoms with Crippen LogP contribution in [0.25, 0.3) is 0 Å². The monoisotopic (exact) mass is 166 g/mol. The molecular weight excluding hydrogens is 156 g/mol. The number of aliphatic hydroxyl groups is 1. The lowest BCUT2D eigenvalue weighted by Gasteiger charge is -2.01. The Morgan fingerprint density at radius 2 is 2.50 bits per heavy atom. The molecule has 1 aromatic heterocycles. The first-order chi connectivity index (χ1) is 5.83. The quantitative estimate of drug-likeness (QED) is 0.647. The minimum absolute atomic E-state index is 0.376. The molecule has 64 valence electrons. The van der Waals surface area contributed by atoms with Gasteiger partial charge in [0.2, 0.25) is 5.91 Å². The lowest BCUT2D eigenvalue weighted by molar-refractivity contribution is -0.123. The number of carbonyl (C=O) groups is 1. The van der Waals surface area contributed by atoms with E-state index in [0.29, 0.717) is 6.54 Å². The van der Waals surface area contributed by atoms with Gasteiger partial charge in [0.1, 0.15) is 6.61 Å². The lowest BCUT2D eigenvalue weighted by Crippen LogP contribution is -2.25. The van der Waals surface area contributed by atoms with Gasteiger partial charge in [-0.3, -0.25) is 9.78 Å². The van der Waals surface area contributed by atoms with Gasteiger partial charge in [-0.25, -0.2) is 0 Å². The smallest absolute Gasteiger partial charge is 0.245 e. The first kappa shape index (κ1) is 8.67. The third kappa shape index (κ3) is 2.67. The van der Waals surface area contributed by atoms with E-state index in [2.05, 4.69) is 10.3 Å². The molecule has 1 rings (SSSR count). The summed E-state index contributed by atoms with van der Waals surface area (Å²) in [5, 5.41) is 10.9. The van der Waals surface area contributed by atoms with Crippen molar-refractivity contribution in [2.45, 2.75) is 6.54 Å². The zero-order chi connectivity index (χ0) is 8.81. The van der Waals surface area contributed by atoms with Gasteiger partial charge in [0.15, 0.2) is 0 Å². The highest BCUT2D eigenvalue weighted by Gasteiger charge is 1.96. The Kier molecular flexibility index (Phi) is 3.22. The molecule has 0 aliphatic rings. The van der Waals surface area contributed by atoms with Crippen molar-refractivity contribution in [1.29, 1.82) is 0 Å². The number of pyridine rings is 1. The summed E-state index contributed by atoms with van der Waals surface area (Å²) in [5.41, 5.74) is 0.916. The Morgan fingerprint density at radius 1 is 1.67 bits per heavy atom. The third-order valence-corrected chi connectivity index (χ3v) is 1.36. The van der Waals surface area contributed by atoms with E-state index in [9.17, 15) is 4.79 Å². The van der Waals surface area contributed by atoms with Gasteiger partial charge >= 0.3 is 0 Å². The fraction of sp³-hybridized carbons (Fsp3) is 0.250. The molecule has 0 spiro atoms. The molecule has 0 bridgehead atoms. The van der Waals surface area contributed by atoms with Gasteiger partial charge in [-0.05, 0) is 11.6 Å². The Labute approximate surface area is 70.3 Å². The van der Waals surface area contributed by atoms with Crippen molar-refractivity contribution in [2.75, 3.05) is 6.61 Å². The molecular formula is C8H10N2O2. The van der Waals surface area contributed by atoms with Crippen LogP contribution in [0.4, 0.5) is 0 Å². The summed E-state index contributed by atoms with van der Waals surface area (Å²) in [5.74, 6) is -0.376. The van der Waals surface area contributed by atoms with Crippen LogP contribution in [0, 0.1) is 0 Å². The van der Waals surface area contributed by atoms with E-state index < -0.39 is 6.61 Å². The summed E-state index contributed by atoms with van der Waals surface area (Å²) in [7, 11) is 0. The first-order valence-corrected chi connectivity index (χ1v) is 3.59. The molecule has 0 aliphatic heterocycles. The van der Waals surface area contributed by atoms with Crippen LogP contribution < -0.4 is 5.32 Å². The number of aromatic nitrogens is 1. The summed E-state index contributed by atoms with van der Waals surface area (Å²) < 4.78 is 0. The highest BCUT2D eigenvalue weighted by Crippen LogP contribution is 1.93. The normalized spacial score (nSPS) is 9.42. The molecule has 1 heterocycles. The summed E-state index contributed by atoms with van der Waals surface area (Å²) in [4.78, 5) is 14.5. The van der Waals surface area contributed by atoms with E-state index in [1.54, 1.807) is 18.5 Å². The van der Waals surface area contributed by atoms with Gasteiger partial charge in [-0.1, -0.05) is 6.07 Å². The van der Waals surface area contributed by atoms with Gasteiger partial charge in [-0.15, -0.1) is 0 Å². The number of nitrogens with zero attached hydrogens (tertiary/aromatic N) is 1. The molecule has 12 heavy (non-hydrogen) atoms. The van der Waals surface area contributed by atoms with E-state index >= 15 is 0 Å². The minimum Gasteiger partial charge on any atom is -0.387 e. The molecule has 0 saturated heterocycles.